The van der Waals surface area contributed by atoms with Crippen LogP contribution >= 0.6 is 12.0 Å². The van der Waals surface area contributed by atoms with E-state index in [1.807, 2.05) is 0 Å². The summed E-state index contributed by atoms with van der Waals surface area (Å²) in [4.78, 5) is 37.8. The average Bonchev–Trinajstić information content (AvgIpc) is 2.83. The van der Waals surface area contributed by atoms with Crippen LogP contribution in [0.4, 0.5) is 26.7 Å². The predicted octanol–water partition coefficient (Wildman–Crippen LogP) is 4.72. The normalized spacial score (nSPS) is 12.6. The zero-order chi connectivity index (χ0) is 26.9. The molecule has 2 unspecified atom stereocenters. The first-order chi connectivity index (χ1) is 16.4. The molecule has 0 bridgehead atoms. The monoisotopic (exact) mass is 544 g/mol. The molecule has 1 aromatic carbocycles. The van der Waals surface area contributed by atoms with Crippen LogP contribution in [0.1, 0.15) is 35.1 Å². The third-order valence-corrected chi connectivity index (χ3v) is 4.85. The van der Waals surface area contributed by atoms with Gasteiger partial charge in [0, 0.05) is 18.9 Å². The zero-order valence-corrected chi connectivity index (χ0v) is 20.3. The number of alkyl carbamates (subject to hydrolysis) is 1. The Morgan fingerprint density at radius 2 is 1.53 bits per heavy atom. The first-order valence-corrected chi connectivity index (χ1v) is 11.1. The van der Waals surface area contributed by atoms with Gasteiger partial charge in [0.1, 0.15) is 6.73 Å². The highest BCUT2D eigenvalue weighted by Gasteiger charge is 2.33. The van der Waals surface area contributed by atoms with Crippen LogP contribution in [0.25, 0.3) is 0 Å². The third kappa shape index (κ3) is 8.66. The van der Waals surface area contributed by atoms with Gasteiger partial charge in [0.25, 0.3) is 5.91 Å². The summed E-state index contributed by atoms with van der Waals surface area (Å²) < 4.78 is 81.9. The van der Waals surface area contributed by atoms with Crippen LogP contribution in [-0.4, -0.2) is 54.5 Å². The third-order valence-electron chi connectivity index (χ3n) is 4.34. The van der Waals surface area contributed by atoms with Crippen molar-refractivity contribution in [1.82, 2.24) is 10.2 Å². The number of amides is 2. The number of nitrogens with zero attached hydrogens (tertiary/aromatic N) is 1. The van der Waals surface area contributed by atoms with Crippen LogP contribution in [0, 0.1) is 35.0 Å². The van der Waals surface area contributed by atoms with Crippen molar-refractivity contribution in [1.29, 1.82) is 0 Å². The molecule has 0 fully saturated rings. The molecular weight excluding hydrogens is 515 g/mol. The van der Waals surface area contributed by atoms with Crippen LogP contribution in [0.2, 0.25) is 0 Å². The Morgan fingerprint density at radius 3 is 2.00 bits per heavy atom. The fourth-order valence-electron chi connectivity index (χ4n) is 2.50. The summed E-state index contributed by atoms with van der Waals surface area (Å²) in [5.74, 6) is -15.4. The molecule has 2 atom stereocenters. The topological polar surface area (TPSA) is 94.2 Å². The highest BCUT2D eigenvalue weighted by atomic mass is 32.2. The van der Waals surface area contributed by atoms with Gasteiger partial charge >= 0.3 is 12.1 Å². The molecule has 0 heterocycles. The number of carbonyl (C=O) groups is 3. The maximum absolute atomic E-state index is 13.7. The van der Waals surface area contributed by atoms with Gasteiger partial charge in [0.05, 0.1) is 6.04 Å². The molecule has 0 aliphatic carbocycles. The number of rotatable bonds is 11. The van der Waals surface area contributed by atoms with Crippen molar-refractivity contribution < 1.29 is 50.0 Å². The van der Waals surface area contributed by atoms with Crippen molar-refractivity contribution >= 4 is 30.0 Å². The molecule has 36 heavy (non-hydrogen) atoms. The van der Waals surface area contributed by atoms with Gasteiger partial charge < -0.3 is 19.7 Å². The molecule has 0 saturated heterocycles. The Balaban J connectivity index is 0.0000122. The van der Waals surface area contributed by atoms with Crippen molar-refractivity contribution in [3.05, 3.63) is 41.2 Å². The number of hydrogen-bond acceptors (Lipinski definition) is 7. The van der Waals surface area contributed by atoms with Gasteiger partial charge in [-0.15, -0.1) is 0 Å². The lowest BCUT2D eigenvalue weighted by Crippen LogP contribution is -2.48. The molecule has 0 aliphatic heterocycles. The summed E-state index contributed by atoms with van der Waals surface area (Å²) in [6, 6.07) is -0.918. The molecule has 1 N–H and O–H groups in total. The molecule has 2 amide bonds. The van der Waals surface area contributed by atoms with Crippen LogP contribution in [0.3, 0.4) is 0 Å². The van der Waals surface area contributed by atoms with Gasteiger partial charge in [0.15, 0.2) is 6.10 Å². The molecule has 0 aromatic heterocycles. The van der Waals surface area contributed by atoms with Gasteiger partial charge in [-0.2, -0.15) is 8.78 Å². The number of esters is 1. The fraction of sp³-hybridized carbons (Fsp3) is 0.500. The minimum absolute atomic E-state index is 0. The minimum atomic E-state index is -2.40. The van der Waals surface area contributed by atoms with Gasteiger partial charge in [0.2, 0.25) is 34.8 Å². The maximum Gasteiger partial charge on any atom is 0.407 e. The Hall–Kier alpha value is -2.87. The zero-order valence-electron chi connectivity index (χ0n) is 19.5. The standard InChI is InChI=1S/C21H25F5N2O6S.CH4/c1-6-35-32-9-28(20(30)18(10(2)3)34-21(31)27-5)11(4)7-8-12(29)33-19-16(25)14(23)13(22)15(24)17(19)26;/h7-8,10-11,18H,6,9H2,1-5H3,(H,27,31);1H4/b8-7+;. The molecule has 1 rings (SSSR count). The van der Waals surface area contributed by atoms with Crippen LogP contribution in [0.15, 0.2) is 12.2 Å². The maximum atomic E-state index is 13.7. The smallest absolute Gasteiger partial charge is 0.407 e. The van der Waals surface area contributed by atoms with E-state index in [-0.39, 0.29) is 14.2 Å². The van der Waals surface area contributed by atoms with E-state index >= 15 is 0 Å². The number of benzene rings is 1. The largest absolute Gasteiger partial charge is 0.436 e. The quantitative estimate of drug-likeness (QED) is 0.0496. The lowest BCUT2D eigenvalue weighted by Gasteiger charge is -2.31. The lowest BCUT2D eigenvalue weighted by molar-refractivity contribution is -0.146. The van der Waals surface area contributed by atoms with Crippen molar-refractivity contribution in [2.24, 2.45) is 5.92 Å². The Bertz CT molecular complexity index is 934. The van der Waals surface area contributed by atoms with E-state index < -0.39 is 70.9 Å². The van der Waals surface area contributed by atoms with E-state index in [2.05, 4.69) is 10.1 Å². The van der Waals surface area contributed by atoms with E-state index in [1.165, 1.54) is 14.0 Å². The molecule has 0 saturated carbocycles. The van der Waals surface area contributed by atoms with Crippen molar-refractivity contribution in [3.8, 4) is 5.75 Å². The summed E-state index contributed by atoms with van der Waals surface area (Å²) in [5, 5.41) is 2.23. The highest BCUT2D eigenvalue weighted by Crippen LogP contribution is 2.29. The van der Waals surface area contributed by atoms with E-state index in [0.717, 1.165) is 23.0 Å². The molecule has 0 radical (unpaired) electrons. The Kier molecular flexibility index (Phi) is 14.1. The fourth-order valence-corrected chi connectivity index (χ4v) is 2.85. The van der Waals surface area contributed by atoms with Crippen molar-refractivity contribution in [2.45, 2.75) is 47.3 Å². The average molecular weight is 545 g/mol. The Morgan fingerprint density at radius 1 is 1.00 bits per heavy atom. The highest BCUT2D eigenvalue weighted by molar-refractivity contribution is 7.94. The van der Waals surface area contributed by atoms with E-state index in [1.54, 1.807) is 20.8 Å². The second-order valence-corrected chi connectivity index (χ2v) is 8.25. The lowest BCUT2D eigenvalue weighted by atomic mass is 10.1. The summed E-state index contributed by atoms with van der Waals surface area (Å²) in [6.45, 7) is 6.20. The first kappa shape index (κ1) is 33.1. The van der Waals surface area contributed by atoms with E-state index in [9.17, 15) is 36.3 Å². The van der Waals surface area contributed by atoms with E-state index in [4.69, 9.17) is 8.92 Å². The van der Waals surface area contributed by atoms with Crippen molar-refractivity contribution in [3.63, 3.8) is 0 Å². The van der Waals surface area contributed by atoms with Gasteiger partial charge in [-0.05, 0) is 24.9 Å². The first-order valence-electron chi connectivity index (χ1n) is 10.2. The summed E-state index contributed by atoms with van der Waals surface area (Å²) in [6.07, 6.45) is -0.361. The Labute approximate surface area is 210 Å². The second-order valence-electron chi connectivity index (χ2n) is 7.20. The number of ether oxygens (including phenoxy) is 2. The molecule has 8 nitrogen and oxygen atoms in total. The summed E-state index contributed by atoms with van der Waals surface area (Å²) in [7, 11) is 1.31. The number of nitrogens with one attached hydrogen (secondary N) is 1. The molecule has 0 aliphatic rings. The minimum Gasteiger partial charge on any atom is -0.436 e. The summed E-state index contributed by atoms with van der Waals surface area (Å²) in [5.41, 5.74) is 0. The van der Waals surface area contributed by atoms with E-state index in [0.29, 0.717) is 11.8 Å². The van der Waals surface area contributed by atoms with Crippen LogP contribution < -0.4 is 10.1 Å². The second kappa shape index (κ2) is 15.3. The predicted molar refractivity (Wildman–Crippen MR) is 122 cm³/mol. The molecule has 1 aromatic rings. The molecule has 14 heteroatoms. The summed E-state index contributed by atoms with van der Waals surface area (Å²) >= 11 is 1.03. The number of halogens is 5. The molecule has 204 valence electrons. The molecule has 0 spiro atoms. The SMILES string of the molecule is C.CCSOCN(C(=O)C(OC(=O)NC)C(C)C)C(C)/C=C/C(=O)Oc1c(F)c(F)c(F)c(F)c1F. The van der Waals surface area contributed by atoms with Gasteiger partial charge in [-0.25, -0.2) is 22.8 Å². The van der Waals surface area contributed by atoms with Crippen LogP contribution in [0.5, 0.6) is 5.75 Å². The van der Waals surface area contributed by atoms with Gasteiger partial charge in [-0.3, -0.25) is 8.98 Å². The van der Waals surface area contributed by atoms with Crippen molar-refractivity contribution in [2.75, 3.05) is 19.5 Å². The number of hydrogen-bond donors (Lipinski definition) is 1. The molecular formula is C22H29F5N2O6S. The van der Waals surface area contributed by atoms with Gasteiger partial charge in [-0.1, -0.05) is 34.3 Å². The van der Waals surface area contributed by atoms with Crippen LogP contribution in [-0.2, 0) is 18.5 Å². The number of carbonyl (C=O) groups excluding carboxylic acids is 3.